The van der Waals surface area contributed by atoms with E-state index in [1.807, 2.05) is 24.4 Å². The molecule has 1 fully saturated rings. The van der Waals surface area contributed by atoms with Gasteiger partial charge < -0.3 is 10.2 Å². The van der Waals surface area contributed by atoms with E-state index in [-0.39, 0.29) is 36.0 Å². The largest absolute Gasteiger partial charge is 0.332 e. The molecule has 1 aromatic carbocycles. The molecule has 2 unspecified atom stereocenters. The van der Waals surface area contributed by atoms with Crippen molar-refractivity contribution < 1.29 is 13.2 Å². The van der Waals surface area contributed by atoms with Crippen LogP contribution in [0.2, 0.25) is 0 Å². The van der Waals surface area contributed by atoms with Gasteiger partial charge in [0, 0.05) is 17.0 Å². The first-order valence-electron chi connectivity index (χ1n) is 9.72. The molecule has 2 heterocycles. The van der Waals surface area contributed by atoms with Crippen LogP contribution in [0.3, 0.4) is 0 Å². The Morgan fingerprint density at radius 3 is 2.61 bits per heavy atom. The molecule has 1 amide bonds. The molecule has 0 aliphatic carbocycles. The lowest BCUT2D eigenvalue weighted by Gasteiger charge is -2.28. The average molecular weight is 421 g/mol. The van der Waals surface area contributed by atoms with Gasteiger partial charge in [0.1, 0.15) is 0 Å². The summed E-state index contributed by atoms with van der Waals surface area (Å²) in [4.78, 5) is 15.8. The van der Waals surface area contributed by atoms with E-state index in [1.54, 1.807) is 16.2 Å². The molecule has 2 aromatic rings. The van der Waals surface area contributed by atoms with Crippen LogP contribution < -0.4 is 5.32 Å². The summed E-state index contributed by atoms with van der Waals surface area (Å²) in [6.45, 7) is 4.83. The standard InChI is InChI=1S/C21H28N2O3S2/c1-3-17-6-8-18(9-7-17)16(2)22-13-21(24)23(14-20-5-4-11-27-20)19-10-12-28(25,26)15-19/h4-9,11,16,19,22H,3,10,12-15H2,1-2H3. The lowest BCUT2D eigenvalue weighted by atomic mass is 10.0. The number of carbonyl (C=O) groups excluding carboxylic acids is 1. The van der Waals surface area contributed by atoms with E-state index in [0.29, 0.717) is 13.0 Å². The fourth-order valence-electron chi connectivity index (χ4n) is 3.51. The van der Waals surface area contributed by atoms with Crippen molar-refractivity contribution in [3.63, 3.8) is 0 Å². The molecule has 7 heteroatoms. The van der Waals surface area contributed by atoms with Crippen molar-refractivity contribution in [3.8, 4) is 0 Å². The molecule has 2 atom stereocenters. The molecule has 152 valence electrons. The van der Waals surface area contributed by atoms with Crippen LogP contribution in [-0.2, 0) is 27.6 Å². The molecular formula is C21H28N2O3S2. The van der Waals surface area contributed by atoms with Crippen molar-refractivity contribution in [2.24, 2.45) is 0 Å². The summed E-state index contributed by atoms with van der Waals surface area (Å²) in [5.41, 5.74) is 2.43. The zero-order valence-corrected chi connectivity index (χ0v) is 18.1. The van der Waals surface area contributed by atoms with Crippen LogP contribution in [0.25, 0.3) is 0 Å². The number of hydrogen-bond donors (Lipinski definition) is 1. The highest BCUT2D eigenvalue weighted by Crippen LogP contribution is 2.22. The van der Waals surface area contributed by atoms with Crippen LogP contribution in [0, 0.1) is 0 Å². The predicted molar refractivity (Wildman–Crippen MR) is 114 cm³/mol. The van der Waals surface area contributed by atoms with Gasteiger partial charge in [-0.15, -0.1) is 11.3 Å². The SMILES string of the molecule is CCc1ccc(C(C)NCC(=O)N(Cc2cccs2)C2CCS(=O)(=O)C2)cc1. The Balaban J connectivity index is 1.64. The third-order valence-electron chi connectivity index (χ3n) is 5.32. The van der Waals surface area contributed by atoms with E-state index in [1.165, 1.54) is 5.56 Å². The van der Waals surface area contributed by atoms with E-state index in [4.69, 9.17) is 0 Å². The molecule has 1 N–H and O–H groups in total. The molecule has 1 aromatic heterocycles. The van der Waals surface area contributed by atoms with E-state index in [0.717, 1.165) is 16.9 Å². The van der Waals surface area contributed by atoms with Crippen molar-refractivity contribution >= 4 is 27.1 Å². The van der Waals surface area contributed by atoms with Crippen LogP contribution >= 0.6 is 11.3 Å². The highest BCUT2D eigenvalue weighted by molar-refractivity contribution is 7.91. The maximum atomic E-state index is 13.0. The summed E-state index contributed by atoms with van der Waals surface area (Å²) in [7, 11) is -3.04. The summed E-state index contributed by atoms with van der Waals surface area (Å²) < 4.78 is 23.8. The first kappa shape index (κ1) is 21.0. The minimum Gasteiger partial charge on any atom is -0.332 e. The van der Waals surface area contributed by atoms with Gasteiger partial charge in [0.15, 0.2) is 9.84 Å². The second-order valence-electron chi connectivity index (χ2n) is 7.36. The van der Waals surface area contributed by atoms with Crippen LogP contribution in [0.15, 0.2) is 41.8 Å². The fourth-order valence-corrected chi connectivity index (χ4v) is 5.95. The predicted octanol–water partition coefficient (Wildman–Crippen LogP) is 3.18. The van der Waals surface area contributed by atoms with Gasteiger partial charge in [0.2, 0.25) is 5.91 Å². The number of aryl methyl sites for hydroxylation is 1. The lowest BCUT2D eigenvalue weighted by molar-refractivity contribution is -0.132. The molecule has 1 saturated heterocycles. The van der Waals surface area contributed by atoms with E-state index in [9.17, 15) is 13.2 Å². The van der Waals surface area contributed by atoms with Gasteiger partial charge in [-0.3, -0.25) is 4.79 Å². The van der Waals surface area contributed by atoms with Gasteiger partial charge >= 0.3 is 0 Å². The third kappa shape index (κ3) is 5.43. The molecule has 28 heavy (non-hydrogen) atoms. The molecule has 0 spiro atoms. The van der Waals surface area contributed by atoms with E-state index >= 15 is 0 Å². The molecule has 3 rings (SSSR count). The fraction of sp³-hybridized carbons (Fsp3) is 0.476. The van der Waals surface area contributed by atoms with Gasteiger partial charge in [-0.1, -0.05) is 37.3 Å². The van der Waals surface area contributed by atoms with Gasteiger partial charge in [0.05, 0.1) is 24.6 Å². The summed E-state index contributed by atoms with van der Waals surface area (Å²) in [5.74, 6) is 0.185. The molecule has 5 nitrogen and oxygen atoms in total. The normalized spacial score (nSPS) is 19.4. The zero-order chi connectivity index (χ0) is 20.1. The number of sulfone groups is 1. The molecule has 1 aliphatic rings. The highest BCUT2D eigenvalue weighted by Gasteiger charge is 2.34. The topological polar surface area (TPSA) is 66.5 Å². The number of amides is 1. The minimum absolute atomic E-state index is 0.0470. The molecular weight excluding hydrogens is 392 g/mol. The maximum Gasteiger partial charge on any atom is 0.237 e. The minimum atomic E-state index is -3.04. The van der Waals surface area contributed by atoms with Crippen molar-refractivity contribution in [1.82, 2.24) is 10.2 Å². The van der Waals surface area contributed by atoms with Crippen molar-refractivity contribution in [2.75, 3.05) is 18.1 Å². The quantitative estimate of drug-likeness (QED) is 0.712. The Labute approximate surface area is 171 Å². The Morgan fingerprint density at radius 2 is 2.04 bits per heavy atom. The van der Waals surface area contributed by atoms with Gasteiger partial charge in [-0.2, -0.15) is 0 Å². The molecule has 0 radical (unpaired) electrons. The maximum absolute atomic E-state index is 13.0. The number of carbonyl (C=O) groups is 1. The average Bonchev–Trinajstić information content (AvgIpc) is 3.33. The smallest absolute Gasteiger partial charge is 0.237 e. The van der Waals surface area contributed by atoms with Crippen molar-refractivity contribution in [3.05, 3.63) is 57.8 Å². The van der Waals surface area contributed by atoms with Gasteiger partial charge in [-0.25, -0.2) is 8.42 Å². The summed E-state index contributed by atoms with van der Waals surface area (Å²) in [6.07, 6.45) is 1.52. The van der Waals surface area contributed by atoms with Crippen LogP contribution in [-0.4, -0.2) is 43.3 Å². The Morgan fingerprint density at radius 1 is 1.29 bits per heavy atom. The summed E-state index contributed by atoms with van der Waals surface area (Å²) in [6, 6.07) is 12.2. The number of hydrogen-bond acceptors (Lipinski definition) is 5. The van der Waals surface area contributed by atoms with Crippen LogP contribution in [0.5, 0.6) is 0 Å². The zero-order valence-electron chi connectivity index (χ0n) is 16.4. The summed E-state index contributed by atoms with van der Waals surface area (Å²) >= 11 is 1.59. The second kappa shape index (κ2) is 9.20. The number of benzene rings is 1. The monoisotopic (exact) mass is 420 g/mol. The van der Waals surface area contributed by atoms with Crippen LogP contribution in [0.1, 0.15) is 42.3 Å². The number of thiophene rings is 1. The third-order valence-corrected chi connectivity index (χ3v) is 7.93. The van der Waals surface area contributed by atoms with Crippen molar-refractivity contribution in [2.45, 2.75) is 45.3 Å². The highest BCUT2D eigenvalue weighted by atomic mass is 32.2. The molecule has 0 bridgehead atoms. The first-order valence-corrected chi connectivity index (χ1v) is 12.4. The van der Waals surface area contributed by atoms with E-state index in [2.05, 4.69) is 36.5 Å². The Bertz CT molecular complexity index is 877. The summed E-state index contributed by atoms with van der Waals surface area (Å²) in [5, 5.41) is 5.28. The van der Waals surface area contributed by atoms with Gasteiger partial charge in [0.25, 0.3) is 0 Å². The van der Waals surface area contributed by atoms with Gasteiger partial charge in [-0.05, 0) is 42.3 Å². The molecule has 1 aliphatic heterocycles. The Kier molecular flexibility index (Phi) is 6.91. The molecule has 0 saturated carbocycles. The number of rotatable bonds is 8. The number of nitrogens with zero attached hydrogens (tertiary/aromatic N) is 1. The number of nitrogens with one attached hydrogen (secondary N) is 1. The first-order chi connectivity index (χ1) is 13.4. The lowest BCUT2D eigenvalue weighted by Crippen LogP contribution is -2.45. The second-order valence-corrected chi connectivity index (χ2v) is 10.6. The van der Waals surface area contributed by atoms with Crippen LogP contribution in [0.4, 0.5) is 0 Å². The van der Waals surface area contributed by atoms with E-state index < -0.39 is 9.84 Å². The Hall–Kier alpha value is -1.70. The van der Waals surface area contributed by atoms with Crippen molar-refractivity contribution in [1.29, 1.82) is 0 Å².